The molecule has 5 rings (SSSR count). The number of hydrogen-bond donors (Lipinski definition) is 0. The summed E-state index contributed by atoms with van der Waals surface area (Å²) in [5.41, 5.74) is 2.19. The van der Waals surface area contributed by atoms with E-state index in [1.54, 1.807) is 12.1 Å². The Balaban J connectivity index is 0.981. The monoisotopic (exact) mass is 814 g/mol. The second-order valence-corrected chi connectivity index (χ2v) is 16.0. The summed E-state index contributed by atoms with van der Waals surface area (Å²) in [7, 11) is 0. The summed E-state index contributed by atoms with van der Waals surface area (Å²) in [6.45, 7) is 15.3. The van der Waals surface area contributed by atoms with Gasteiger partial charge < -0.3 is 47.1 Å². The van der Waals surface area contributed by atoms with Crippen molar-refractivity contribution in [1.82, 2.24) is 9.80 Å². The molecule has 0 amide bonds. The summed E-state index contributed by atoms with van der Waals surface area (Å²) in [4.78, 5) is 28.5. The summed E-state index contributed by atoms with van der Waals surface area (Å²) in [6.07, 6.45) is 1.73. The molecule has 1 saturated heterocycles. The molecule has 1 fully saturated rings. The van der Waals surface area contributed by atoms with Crippen LogP contribution in [0.5, 0.6) is 11.5 Å². The molecule has 0 radical (unpaired) electrons. The number of nitrogens with zero attached hydrogens (tertiary/aromatic N) is 2. The number of benzene rings is 2. The van der Waals surface area contributed by atoms with Crippen LogP contribution in [0.3, 0.4) is 0 Å². The van der Waals surface area contributed by atoms with Crippen molar-refractivity contribution < 1.29 is 37.3 Å². The Morgan fingerprint density at radius 2 is 0.964 bits per heavy atom. The van der Waals surface area contributed by atoms with Crippen molar-refractivity contribution in [2.75, 3.05) is 128 Å². The molecule has 1 aliphatic heterocycles. The van der Waals surface area contributed by atoms with Crippen LogP contribution in [-0.2, 0) is 18.9 Å². The third-order valence-corrected chi connectivity index (χ3v) is 11.2. The molecule has 0 unspecified atom stereocenters. The van der Waals surface area contributed by atoms with Gasteiger partial charge in [-0.15, -0.1) is 0 Å². The predicted molar refractivity (Wildman–Crippen MR) is 225 cm³/mol. The van der Waals surface area contributed by atoms with Gasteiger partial charge in [-0.25, -0.2) is 9.59 Å². The fraction of sp³-hybridized carbons (Fsp3) is 0.571. The van der Waals surface area contributed by atoms with Crippen LogP contribution in [0.2, 0.25) is 0 Å². The molecular formula is C42H58N2O10S2. The smallest absolute Gasteiger partial charge is 0.336 e. The van der Waals surface area contributed by atoms with Gasteiger partial charge in [-0.3, -0.25) is 0 Å². The fourth-order valence-corrected chi connectivity index (χ4v) is 7.93. The second-order valence-electron chi connectivity index (χ2n) is 13.6. The molecule has 0 spiro atoms. The summed E-state index contributed by atoms with van der Waals surface area (Å²) < 4.78 is 46.3. The third-order valence-electron chi connectivity index (χ3n) is 9.32. The first-order valence-corrected chi connectivity index (χ1v) is 22.0. The minimum atomic E-state index is -0.350. The maximum atomic E-state index is 11.8. The van der Waals surface area contributed by atoms with Crippen molar-refractivity contribution in [1.29, 1.82) is 0 Å². The van der Waals surface area contributed by atoms with E-state index in [4.69, 9.17) is 37.3 Å². The topological polar surface area (TPSA) is 122 Å². The minimum absolute atomic E-state index is 0.350. The summed E-state index contributed by atoms with van der Waals surface area (Å²) in [6, 6.07) is 14.3. The lowest BCUT2D eigenvalue weighted by molar-refractivity contribution is 0.00729. The van der Waals surface area contributed by atoms with E-state index in [1.807, 2.05) is 61.6 Å². The van der Waals surface area contributed by atoms with E-state index in [0.717, 1.165) is 110 Å². The zero-order valence-electron chi connectivity index (χ0n) is 33.0. The molecule has 0 saturated carbocycles. The Kier molecular flexibility index (Phi) is 19.9. The third kappa shape index (κ3) is 16.0. The molecule has 3 heterocycles. The molecule has 4 aromatic rings. The Bertz CT molecular complexity index is 1700. The highest BCUT2D eigenvalue weighted by Crippen LogP contribution is 2.23. The largest absolute Gasteiger partial charge is 0.493 e. The molecule has 14 heteroatoms. The molecule has 1 aliphatic rings. The van der Waals surface area contributed by atoms with E-state index in [1.165, 1.54) is 12.1 Å². The first kappa shape index (κ1) is 44.0. The van der Waals surface area contributed by atoms with Gasteiger partial charge in [0.05, 0.1) is 66.1 Å². The molecule has 2 aromatic carbocycles. The number of ether oxygens (including phenoxy) is 6. The highest BCUT2D eigenvalue weighted by atomic mass is 32.2. The summed E-state index contributed by atoms with van der Waals surface area (Å²) >= 11 is 3.83. The van der Waals surface area contributed by atoms with E-state index in [0.29, 0.717) is 75.5 Å². The maximum absolute atomic E-state index is 11.8. The van der Waals surface area contributed by atoms with E-state index in [9.17, 15) is 9.59 Å². The molecule has 0 bridgehead atoms. The molecule has 56 heavy (non-hydrogen) atoms. The van der Waals surface area contributed by atoms with Crippen molar-refractivity contribution in [3.8, 4) is 11.5 Å². The highest BCUT2D eigenvalue weighted by molar-refractivity contribution is 7.99. The van der Waals surface area contributed by atoms with Crippen molar-refractivity contribution in [2.45, 2.75) is 26.7 Å². The van der Waals surface area contributed by atoms with Gasteiger partial charge in [-0.1, -0.05) is 0 Å². The zero-order chi connectivity index (χ0) is 39.2. The molecule has 2 aromatic heterocycles. The molecule has 12 nitrogen and oxygen atoms in total. The van der Waals surface area contributed by atoms with E-state index in [-0.39, 0.29) is 11.3 Å². The van der Waals surface area contributed by atoms with Crippen LogP contribution < -0.4 is 20.7 Å². The molecule has 308 valence electrons. The van der Waals surface area contributed by atoms with Gasteiger partial charge >= 0.3 is 11.3 Å². The van der Waals surface area contributed by atoms with Gasteiger partial charge in [0.2, 0.25) is 0 Å². The zero-order valence-corrected chi connectivity index (χ0v) is 34.6. The lowest BCUT2D eigenvalue weighted by Gasteiger charge is -2.22. The van der Waals surface area contributed by atoms with E-state index in [2.05, 4.69) is 9.80 Å². The minimum Gasteiger partial charge on any atom is -0.493 e. The number of thioether (sulfide) groups is 2. The SMILES string of the molecule is Cc1cc(=O)oc2cc(OCCCN3CCOCCOCCOCCN(CCCOc4ccc5c(C)cc(=O)oc5c4)CCSCCOCCSCC3)ccc12. The van der Waals surface area contributed by atoms with Gasteiger partial charge in [0.1, 0.15) is 22.7 Å². The molecule has 0 atom stereocenters. The average Bonchev–Trinajstić information content (AvgIpc) is 3.17. The second kappa shape index (κ2) is 25.3. The average molecular weight is 815 g/mol. The van der Waals surface area contributed by atoms with Crippen molar-refractivity contribution in [3.05, 3.63) is 80.5 Å². The van der Waals surface area contributed by atoms with Crippen molar-refractivity contribution in [3.63, 3.8) is 0 Å². The van der Waals surface area contributed by atoms with Crippen LogP contribution >= 0.6 is 23.5 Å². The normalized spacial score (nSPS) is 17.8. The quantitative estimate of drug-likeness (QED) is 0.139. The summed E-state index contributed by atoms with van der Waals surface area (Å²) in [5.74, 6) is 5.38. The predicted octanol–water partition coefficient (Wildman–Crippen LogP) is 5.90. The van der Waals surface area contributed by atoms with Crippen LogP contribution in [0.4, 0.5) is 0 Å². The lowest BCUT2D eigenvalue weighted by Crippen LogP contribution is -2.32. The standard InChI is InChI=1S/C42H58N2O10S2/c1-33-29-41(45)53-39-31-35(5-7-37(33)39)51-15-3-9-43-11-17-47-19-21-49-22-20-48-18-12-44(14-26-56-28-24-50-23-27-55-25-13-43)10-4-16-52-36-6-8-38-34(2)30-42(46)54-40(38)32-36/h5-8,29-32H,3-4,9-28H2,1-2H3. The van der Waals surface area contributed by atoms with E-state index < -0.39 is 0 Å². The van der Waals surface area contributed by atoms with Crippen molar-refractivity contribution >= 4 is 45.5 Å². The Morgan fingerprint density at radius 1 is 0.536 bits per heavy atom. The van der Waals surface area contributed by atoms with Gasteiger partial charge in [0.25, 0.3) is 0 Å². The van der Waals surface area contributed by atoms with Gasteiger partial charge in [-0.2, -0.15) is 23.5 Å². The van der Waals surface area contributed by atoms with Gasteiger partial charge in [-0.05, 0) is 62.1 Å². The first-order valence-electron chi connectivity index (χ1n) is 19.7. The van der Waals surface area contributed by atoms with Crippen LogP contribution in [0, 0.1) is 13.8 Å². The van der Waals surface area contributed by atoms with Gasteiger partial charge in [0.15, 0.2) is 0 Å². The van der Waals surface area contributed by atoms with Crippen molar-refractivity contribution in [2.24, 2.45) is 0 Å². The molecule has 0 aliphatic carbocycles. The number of aryl methyl sites for hydroxylation is 2. The number of hydrogen-bond acceptors (Lipinski definition) is 14. The van der Waals surface area contributed by atoms with Crippen LogP contribution in [0.25, 0.3) is 21.9 Å². The van der Waals surface area contributed by atoms with Crippen LogP contribution in [0.1, 0.15) is 24.0 Å². The van der Waals surface area contributed by atoms with E-state index >= 15 is 0 Å². The maximum Gasteiger partial charge on any atom is 0.336 e. The van der Waals surface area contributed by atoms with Crippen LogP contribution in [0.15, 0.2) is 67.0 Å². The highest BCUT2D eigenvalue weighted by Gasteiger charge is 2.10. The molecule has 0 N–H and O–H groups in total. The molecular weight excluding hydrogens is 757 g/mol. The fourth-order valence-electron chi connectivity index (χ4n) is 6.28. The first-order chi connectivity index (χ1) is 27.4. The number of rotatable bonds is 10. The Labute approximate surface area is 338 Å². The Hall–Kier alpha value is -3.08. The lowest BCUT2D eigenvalue weighted by atomic mass is 10.1. The van der Waals surface area contributed by atoms with Gasteiger partial charge in [0, 0.05) is 97.3 Å². The summed E-state index contributed by atoms with van der Waals surface area (Å²) in [5, 5.41) is 1.83. The van der Waals surface area contributed by atoms with Crippen LogP contribution in [-0.4, -0.2) is 138 Å². The number of fused-ring (bicyclic) bond motifs is 2. The Morgan fingerprint density at radius 3 is 1.43 bits per heavy atom.